The number of rotatable bonds is 0. The minimum absolute atomic E-state index is 0.0883. The lowest BCUT2D eigenvalue weighted by atomic mass is 9.55. The number of hydrogen-bond acceptors (Lipinski definition) is 2. The van der Waals surface area contributed by atoms with Gasteiger partial charge in [-0.2, -0.15) is 0 Å². The molecule has 108 valence electrons. The van der Waals surface area contributed by atoms with Crippen molar-refractivity contribution in [2.24, 2.45) is 17.3 Å². The van der Waals surface area contributed by atoms with Gasteiger partial charge in [-0.1, -0.05) is 13.0 Å². The average Bonchev–Trinajstić information content (AvgIpc) is 2.74. The van der Waals surface area contributed by atoms with Crippen LogP contribution in [0.15, 0.2) is 18.2 Å². The van der Waals surface area contributed by atoms with Crippen LogP contribution < -0.4 is 0 Å². The third kappa shape index (κ3) is 1.60. The van der Waals surface area contributed by atoms with Crippen LogP contribution in [0.1, 0.15) is 56.1 Å². The van der Waals surface area contributed by atoms with Gasteiger partial charge in [-0.05, 0) is 85.0 Å². The van der Waals surface area contributed by atoms with Crippen molar-refractivity contribution in [3.8, 4) is 5.75 Å². The number of hydrogen-bond donors (Lipinski definition) is 2. The Kier molecular flexibility index (Phi) is 2.69. The summed E-state index contributed by atoms with van der Waals surface area (Å²) in [4.78, 5) is 0. The maximum Gasteiger partial charge on any atom is 0.115 e. The van der Waals surface area contributed by atoms with E-state index in [1.54, 1.807) is 0 Å². The molecule has 2 N–H and O–H groups in total. The monoisotopic (exact) mass is 272 g/mol. The zero-order valence-electron chi connectivity index (χ0n) is 12.2. The van der Waals surface area contributed by atoms with Gasteiger partial charge in [0.05, 0.1) is 6.10 Å². The van der Waals surface area contributed by atoms with Crippen LogP contribution in [0.5, 0.6) is 5.75 Å². The maximum absolute atomic E-state index is 10.4. The van der Waals surface area contributed by atoms with Crippen molar-refractivity contribution in [3.63, 3.8) is 0 Å². The van der Waals surface area contributed by atoms with E-state index in [0.29, 0.717) is 17.6 Å². The van der Waals surface area contributed by atoms with E-state index >= 15 is 0 Å². The Bertz CT molecular complexity index is 538. The highest BCUT2D eigenvalue weighted by molar-refractivity contribution is 5.40. The second kappa shape index (κ2) is 4.24. The predicted molar refractivity (Wildman–Crippen MR) is 78.7 cm³/mol. The van der Waals surface area contributed by atoms with Crippen molar-refractivity contribution in [2.45, 2.75) is 57.5 Å². The summed E-state index contributed by atoms with van der Waals surface area (Å²) in [6.45, 7) is 2.32. The molecule has 1 aromatic rings. The third-order valence-corrected chi connectivity index (χ3v) is 6.66. The molecule has 0 aliphatic heterocycles. The van der Waals surface area contributed by atoms with E-state index < -0.39 is 0 Å². The lowest BCUT2D eigenvalue weighted by Crippen LogP contribution is -2.43. The zero-order chi connectivity index (χ0) is 13.9. The molecule has 5 atom stereocenters. The fourth-order valence-electron chi connectivity index (χ4n) is 5.54. The van der Waals surface area contributed by atoms with Gasteiger partial charge in [-0.15, -0.1) is 0 Å². The zero-order valence-corrected chi connectivity index (χ0v) is 12.2. The van der Waals surface area contributed by atoms with Crippen molar-refractivity contribution >= 4 is 0 Å². The summed E-state index contributed by atoms with van der Waals surface area (Å²) >= 11 is 0. The Morgan fingerprint density at radius 3 is 2.85 bits per heavy atom. The van der Waals surface area contributed by atoms with Gasteiger partial charge in [0, 0.05) is 0 Å². The molecule has 1 aromatic carbocycles. The van der Waals surface area contributed by atoms with E-state index in [-0.39, 0.29) is 11.5 Å². The number of aliphatic hydroxyl groups excluding tert-OH is 1. The summed E-state index contributed by atoms with van der Waals surface area (Å²) in [5.41, 5.74) is 2.99. The fourth-order valence-corrected chi connectivity index (χ4v) is 5.54. The van der Waals surface area contributed by atoms with Gasteiger partial charge in [0.2, 0.25) is 0 Å². The molecule has 0 saturated heterocycles. The topological polar surface area (TPSA) is 40.5 Å². The Morgan fingerprint density at radius 2 is 2.00 bits per heavy atom. The first-order valence-corrected chi connectivity index (χ1v) is 8.09. The fraction of sp³-hybridized carbons (Fsp3) is 0.667. The number of aliphatic hydroxyl groups is 1. The summed E-state index contributed by atoms with van der Waals surface area (Å²) in [5, 5.41) is 20.0. The van der Waals surface area contributed by atoms with Crippen molar-refractivity contribution in [3.05, 3.63) is 29.3 Å². The minimum atomic E-state index is -0.0883. The van der Waals surface area contributed by atoms with Crippen LogP contribution in [0.4, 0.5) is 0 Å². The van der Waals surface area contributed by atoms with Crippen LogP contribution in [0.2, 0.25) is 0 Å². The molecule has 2 fully saturated rings. The molecule has 20 heavy (non-hydrogen) atoms. The van der Waals surface area contributed by atoms with Crippen molar-refractivity contribution in [2.75, 3.05) is 0 Å². The summed E-state index contributed by atoms with van der Waals surface area (Å²) in [6, 6.07) is 5.96. The van der Waals surface area contributed by atoms with Gasteiger partial charge in [0.1, 0.15) is 5.75 Å². The van der Waals surface area contributed by atoms with Crippen LogP contribution in [0.25, 0.3) is 0 Å². The largest absolute Gasteiger partial charge is 0.508 e. The number of benzene rings is 1. The maximum atomic E-state index is 10.4. The molecular weight excluding hydrogens is 248 g/mol. The molecule has 2 unspecified atom stereocenters. The van der Waals surface area contributed by atoms with Crippen LogP contribution >= 0.6 is 0 Å². The minimum Gasteiger partial charge on any atom is -0.508 e. The van der Waals surface area contributed by atoms with Crippen LogP contribution in [0, 0.1) is 17.3 Å². The molecule has 0 radical (unpaired) electrons. The van der Waals surface area contributed by atoms with Gasteiger partial charge in [-0.25, -0.2) is 0 Å². The first kappa shape index (κ1) is 12.7. The lowest BCUT2D eigenvalue weighted by Gasteiger charge is -2.50. The molecule has 0 heterocycles. The van der Waals surface area contributed by atoms with Crippen LogP contribution in [-0.4, -0.2) is 16.3 Å². The number of fused-ring (bicyclic) bond motifs is 5. The first-order valence-electron chi connectivity index (χ1n) is 8.09. The molecule has 0 spiro atoms. The van der Waals surface area contributed by atoms with Gasteiger partial charge in [0.15, 0.2) is 0 Å². The van der Waals surface area contributed by atoms with E-state index in [1.165, 1.54) is 30.4 Å². The molecular formula is C18H24O2. The average molecular weight is 272 g/mol. The molecule has 0 amide bonds. The smallest absolute Gasteiger partial charge is 0.115 e. The number of phenols is 1. The van der Waals surface area contributed by atoms with Gasteiger partial charge >= 0.3 is 0 Å². The number of aryl methyl sites for hydroxylation is 1. The lowest BCUT2D eigenvalue weighted by molar-refractivity contribution is -0.0226. The summed E-state index contributed by atoms with van der Waals surface area (Å²) < 4.78 is 0. The standard InChI is InChI=1S/C18H24O2/c1-18-9-8-14-13-5-3-12(19)10-11(13)2-4-15(14)16(18)6-7-17(18)20/h3,5,10,14-17,19-20H,2,4,6-9H2,1H3/t14-,15-,16+,17?,18?/m1/s1. The second-order valence-corrected chi connectivity index (χ2v) is 7.44. The van der Waals surface area contributed by atoms with Gasteiger partial charge < -0.3 is 10.2 Å². The van der Waals surface area contributed by atoms with E-state index in [9.17, 15) is 10.2 Å². The molecule has 3 aliphatic carbocycles. The van der Waals surface area contributed by atoms with E-state index in [4.69, 9.17) is 0 Å². The van der Waals surface area contributed by atoms with E-state index in [0.717, 1.165) is 25.2 Å². The van der Waals surface area contributed by atoms with E-state index in [1.807, 2.05) is 12.1 Å². The Labute approximate surface area is 120 Å². The number of phenolic OH excluding ortho intramolecular Hbond substituents is 1. The van der Waals surface area contributed by atoms with Crippen molar-refractivity contribution < 1.29 is 10.2 Å². The highest BCUT2D eigenvalue weighted by Gasteiger charge is 2.54. The quantitative estimate of drug-likeness (QED) is 0.757. The van der Waals surface area contributed by atoms with Crippen LogP contribution in [-0.2, 0) is 6.42 Å². The highest BCUT2D eigenvalue weighted by atomic mass is 16.3. The summed E-state index contributed by atoms with van der Waals surface area (Å²) in [7, 11) is 0. The van der Waals surface area contributed by atoms with Crippen LogP contribution in [0.3, 0.4) is 0 Å². The Morgan fingerprint density at radius 1 is 1.15 bits per heavy atom. The predicted octanol–water partition coefficient (Wildman–Crippen LogP) is 3.61. The SMILES string of the molecule is CC12CC[C@@H]3c4ccc(O)cc4CC[C@H]3[C@@H]1CCC2O. The molecule has 0 aromatic heterocycles. The molecule has 4 rings (SSSR count). The molecule has 2 heteroatoms. The van der Waals surface area contributed by atoms with Crippen molar-refractivity contribution in [1.29, 1.82) is 0 Å². The Balaban J connectivity index is 1.71. The Hall–Kier alpha value is -1.02. The second-order valence-electron chi connectivity index (χ2n) is 7.44. The molecule has 3 aliphatic rings. The van der Waals surface area contributed by atoms with Gasteiger partial charge in [0.25, 0.3) is 0 Å². The molecule has 2 saturated carbocycles. The molecule has 2 nitrogen and oxygen atoms in total. The number of aromatic hydroxyl groups is 1. The summed E-state index contributed by atoms with van der Waals surface area (Å²) in [6.07, 6.45) is 6.78. The van der Waals surface area contributed by atoms with Crippen molar-refractivity contribution in [1.82, 2.24) is 0 Å². The first-order chi connectivity index (χ1) is 9.59. The summed E-state index contributed by atoms with van der Waals surface area (Å²) in [5.74, 6) is 2.49. The van der Waals surface area contributed by atoms with E-state index in [2.05, 4.69) is 13.0 Å². The van der Waals surface area contributed by atoms with Gasteiger partial charge in [-0.3, -0.25) is 0 Å². The highest BCUT2D eigenvalue weighted by Crippen LogP contribution is 2.60. The molecule has 0 bridgehead atoms. The normalized spacial score (nSPS) is 42.7. The third-order valence-electron chi connectivity index (χ3n) is 6.66.